The van der Waals surface area contributed by atoms with Crippen molar-refractivity contribution in [2.45, 2.75) is 40.2 Å². The van der Waals surface area contributed by atoms with Gasteiger partial charge in [-0.3, -0.25) is 5.10 Å². The summed E-state index contributed by atoms with van der Waals surface area (Å²) in [4.78, 5) is 12.2. The van der Waals surface area contributed by atoms with Crippen molar-refractivity contribution in [2.24, 2.45) is 5.41 Å². The number of benzene rings is 1. The highest BCUT2D eigenvalue weighted by Crippen LogP contribution is 2.34. The Bertz CT molecular complexity index is 675. The van der Waals surface area contributed by atoms with E-state index < -0.39 is 0 Å². The molecule has 0 aliphatic heterocycles. The minimum Gasteiger partial charge on any atom is -0.396 e. The second kappa shape index (κ2) is 8.16. The maximum absolute atomic E-state index is 12.2. The third-order valence-corrected chi connectivity index (χ3v) is 4.73. The standard InChI is InChI=1S/C19H28N4O2/c1-13-16(14(2)23-22-13)10-20-18(25)21-11-17(19(3,4)12-24)15-8-6-5-7-9-15/h5-9,17,24H,10-12H2,1-4H3,(H,22,23)(H2,20,21,25). The van der Waals surface area contributed by atoms with Gasteiger partial charge in [0.15, 0.2) is 0 Å². The van der Waals surface area contributed by atoms with Crippen molar-refractivity contribution in [3.05, 3.63) is 52.8 Å². The highest BCUT2D eigenvalue weighted by molar-refractivity contribution is 5.74. The Kier molecular flexibility index (Phi) is 6.20. The van der Waals surface area contributed by atoms with Gasteiger partial charge in [-0.25, -0.2) is 4.79 Å². The first-order valence-electron chi connectivity index (χ1n) is 8.53. The lowest BCUT2D eigenvalue weighted by Gasteiger charge is -2.33. The Morgan fingerprint density at radius 2 is 1.92 bits per heavy atom. The molecular weight excluding hydrogens is 316 g/mol. The lowest BCUT2D eigenvalue weighted by molar-refractivity contribution is 0.129. The summed E-state index contributed by atoms with van der Waals surface area (Å²) in [6.45, 7) is 8.78. The van der Waals surface area contributed by atoms with Crippen molar-refractivity contribution < 1.29 is 9.90 Å². The third kappa shape index (κ3) is 4.82. The number of aromatic nitrogens is 2. The summed E-state index contributed by atoms with van der Waals surface area (Å²) in [7, 11) is 0. The van der Waals surface area contributed by atoms with Crippen LogP contribution in [-0.2, 0) is 6.54 Å². The van der Waals surface area contributed by atoms with Crippen molar-refractivity contribution in [3.8, 4) is 0 Å². The number of aliphatic hydroxyl groups is 1. The number of hydrogen-bond acceptors (Lipinski definition) is 3. The number of amides is 2. The zero-order valence-corrected chi connectivity index (χ0v) is 15.4. The quantitative estimate of drug-likeness (QED) is 0.622. The fourth-order valence-corrected chi connectivity index (χ4v) is 2.90. The molecule has 6 heteroatoms. The van der Waals surface area contributed by atoms with Crippen LogP contribution in [-0.4, -0.2) is 34.5 Å². The summed E-state index contributed by atoms with van der Waals surface area (Å²) in [5, 5.41) is 22.6. The predicted molar refractivity (Wildman–Crippen MR) is 98.3 cm³/mol. The van der Waals surface area contributed by atoms with Crippen LogP contribution in [0, 0.1) is 19.3 Å². The van der Waals surface area contributed by atoms with E-state index in [0.717, 1.165) is 22.5 Å². The Labute approximate surface area is 149 Å². The number of aryl methyl sites for hydroxylation is 2. The number of aliphatic hydroxyl groups excluding tert-OH is 1. The van der Waals surface area contributed by atoms with E-state index in [1.165, 1.54) is 0 Å². The van der Waals surface area contributed by atoms with Crippen LogP contribution in [0.5, 0.6) is 0 Å². The van der Waals surface area contributed by atoms with Crippen molar-refractivity contribution in [1.29, 1.82) is 0 Å². The molecule has 0 aliphatic rings. The molecule has 6 nitrogen and oxygen atoms in total. The molecule has 0 bridgehead atoms. The number of carbonyl (C=O) groups excluding carboxylic acids is 1. The van der Waals surface area contributed by atoms with Crippen LogP contribution in [0.15, 0.2) is 30.3 Å². The highest BCUT2D eigenvalue weighted by atomic mass is 16.3. The van der Waals surface area contributed by atoms with E-state index in [0.29, 0.717) is 13.1 Å². The molecule has 4 N–H and O–H groups in total. The van der Waals surface area contributed by atoms with Gasteiger partial charge in [0.25, 0.3) is 0 Å². The van der Waals surface area contributed by atoms with Crippen LogP contribution >= 0.6 is 0 Å². The molecule has 25 heavy (non-hydrogen) atoms. The molecule has 2 aromatic rings. The van der Waals surface area contributed by atoms with E-state index in [9.17, 15) is 9.90 Å². The van der Waals surface area contributed by atoms with Gasteiger partial charge in [0.1, 0.15) is 0 Å². The number of urea groups is 1. The number of H-pyrrole nitrogens is 1. The van der Waals surface area contributed by atoms with Crippen molar-refractivity contribution >= 4 is 6.03 Å². The number of hydrogen-bond donors (Lipinski definition) is 4. The third-order valence-electron chi connectivity index (χ3n) is 4.73. The Balaban J connectivity index is 1.97. The van der Waals surface area contributed by atoms with E-state index in [-0.39, 0.29) is 24.0 Å². The van der Waals surface area contributed by atoms with Crippen LogP contribution in [0.3, 0.4) is 0 Å². The fourth-order valence-electron chi connectivity index (χ4n) is 2.90. The summed E-state index contributed by atoms with van der Waals surface area (Å²) >= 11 is 0. The first-order chi connectivity index (χ1) is 11.8. The van der Waals surface area contributed by atoms with Gasteiger partial charge in [-0.1, -0.05) is 44.2 Å². The van der Waals surface area contributed by atoms with Gasteiger partial charge >= 0.3 is 6.03 Å². The number of nitrogens with one attached hydrogen (secondary N) is 3. The molecule has 0 radical (unpaired) electrons. The van der Waals surface area contributed by atoms with Crippen LogP contribution in [0.1, 0.15) is 42.3 Å². The Morgan fingerprint density at radius 3 is 2.48 bits per heavy atom. The molecule has 1 atom stereocenters. The lowest BCUT2D eigenvalue weighted by atomic mass is 9.75. The SMILES string of the molecule is Cc1n[nH]c(C)c1CNC(=O)NCC(c1ccccc1)C(C)(C)CO. The van der Waals surface area contributed by atoms with Gasteiger partial charge in [-0.05, 0) is 24.8 Å². The summed E-state index contributed by atoms with van der Waals surface area (Å²) in [5.41, 5.74) is 3.61. The second-order valence-electron chi connectivity index (χ2n) is 7.09. The largest absolute Gasteiger partial charge is 0.396 e. The number of rotatable bonds is 7. The molecule has 1 aromatic carbocycles. The zero-order chi connectivity index (χ0) is 18.4. The van der Waals surface area contributed by atoms with Crippen LogP contribution in [0.2, 0.25) is 0 Å². The lowest BCUT2D eigenvalue weighted by Crippen LogP contribution is -2.41. The minimum absolute atomic E-state index is 0.0156. The molecule has 0 saturated carbocycles. The van der Waals surface area contributed by atoms with Crippen molar-refractivity contribution in [3.63, 3.8) is 0 Å². The average Bonchev–Trinajstić information content (AvgIpc) is 2.92. The van der Waals surface area contributed by atoms with Gasteiger partial charge in [-0.2, -0.15) is 5.10 Å². The van der Waals surface area contributed by atoms with E-state index in [2.05, 4.69) is 20.8 Å². The molecule has 1 heterocycles. The summed E-state index contributed by atoms with van der Waals surface area (Å²) in [6.07, 6.45) is 0. The molecule has 0 spiro atoms. The Hall–Kier alpha value is -2.34. The highest BCUT2D eigenvalue weighted by Gasteiger charge is 2.30. The van der Waals surface area contributed by atoms with E-state index in [4.69, 9.17) is 0 Å². The van der Waals surface area contributed by atoms with Gasteiger partial charge in [0.05, 0.1) is 5.69 Å². The van der Waals surface area contributed by atoms with Crippen molar-refractivity contribution in [1.82, 2.24) is 20.8 Å². The zero-order valence-electron chi connectivity index (χ0n) is 15.4. The van der Waals surface area contributed by atoms with Crippen LogP contribution in [0.4, 0.5) is 4.79 Å². The fraction of sp³-hybridized carbons (Fsp3) is 0.474. The number of nitrogens with zero attached hydrogens (tertiary/aromatic N) is 1. The average molecular weight is 344 g/mol. The summed E-state index contributed by atoms with van der Waals surface area (Å²) < 4.78 is 0. The summed E-state index contributed by atoms with van der Waals surface area (Å²) in [5.74, 6) is 0.0156. The predicted octanol–water partition coefficient (Wildman–Crippen LogP) is 2.63. The minimum atomic E-state index is -0.341. The molecule has 2 rings (SSSR count). The normalized spacial score (nSPS) is 12.7. The van der Waals surface area contributed by atoms with Gasteiger partial charge < -0.3 is 15.7 Å². The topological polar surface area (TPSA) is 90.0 Å². The number of aromatic amines is 1. The molecule has 2 amide bonds. The maximum atomic E-state index is 12.2. The summed E-state index contributed by atoms with van der Waals surface area (Å²) in [6, 6.07) is 9.73. The monoisotopic (exact) mass is 344 g/mol. The second-order valence-corrected chi connectivity index (χ2v) is 7.09. The van der Waals surface area contributed by atoms with E-state index in [1.807, 2.05) is 58.0 Å². The first-order valence-corrected chi connectivity index (χ1v) is 8.53. The smallest absolute Gasteiger partial charge is 0.315 e. The molecule has 0 aliphatic carbocycles. The van der Waals surface area contributed by atoms with E-state index in [1.54, 1.807) is 0 Å². The van der Waals surface area contributed by atoms with Gasteiger partial charge in [-0.15, -0.1) is 0 Å². The first kappa shape index (κ1) is 19.0. The Morgan fingerprint density at radius 1 is 1.24 bits per heavy atom. The molecule has 136 valence electrons. The molecule has 1 unspecified atom stereocenters. The van der Waals surface area contributed by atoms with Crippen molar-refractivity contribution in [2.75, 3.05) is 13.2 Å². The molecule has 1 aromatic heterocycles. The molecule has 0 saturated heterocycles. The molecular formula is C19H28N4O2. The van der Waals surface area contributed by atoms with Gasteiger partial charge in [0, 0.05) is 36.9 Å². The van der Waals surface area contributed by atoms with Crippen LogP contribution in [0.25, 0.3) is 0 Å². The van der Waals surface area contributed by atoms with E-state index >= 15 is 0 Å². The maximum Gasteiger partial charge on any atom is 0.315 e. The van der Waals surface area contributed by atoms with Gasteiger partial charge in [0.2, 0.25) is 0 Å². The van der Waals surface area contributed by atoms with Crippen LogP contribution < -0.4 is 10.6 Å². The number of carbonyl (C=O) groups is 1. The molecule has 0 fully saturated rings.